The van der Waals surface area contributed by atoms with Gasteiger partial charge in [0.15, 0.2) is 0 Å². The van der Waals surface area contributed by atoms with E-state index in [9.17, 15) is 4.79 Å². The van der Waals surface area contributed by atoms with E-state index in [0.717, 1.165) is 7.11 Å². The SMILES string of the molecule is CO[C@@](O)(C[C@H](O)CO)C(=O)O. The van der Waals surface area contributed by atoms with Crippen molar-refractivity contribution in [2.75, 3.05) is 13.7 Å². The fourth-order valence-corrected chi connectivity index (χ4v) is 0.642. The Morgan fingerprint density at radius 2 is 2.17 bits per heavy atom. The third-order valence-electron chi connectivity index (χ3n) is 1.39. The van der Waals surface area contributed by atoms with Crippen LogP contribution in [0.3, 0.4) is 0 Å². The van der Waals surface area contributed by atoms with Gasteiger partial charge in [-0.25, -0.2) is 4.79 Å². The zero-order valence-corrected chi connectivity index (χ0v) is 6.60. The maximum Gasteiger partial charge on any atom is 0.364 e. The molecule has 0 heterocycles. The number of methoxy groups -OCH3 is 1. The molecule has 0 bridgehead atoms. The molecular weight excluding hydrogens is 168 g/mol. The number of hydrogen-bond donors (Lipinski definition) is 4. The molecule has 0 aromatic heterocycles. The van der Waals surface area contributed by atoms with Gasteiger partial charge in [0.05, 0.1) is 12.7 Å². The number of aliphatic carboxylic acids is 1. The minimum absolute atomic E-state index is 0.574. The molecule has 0 fully saturated rings. The first kappa shape index (κ1) is 11.3. The van der Waals surface area contributed by atoms with Crippen LogP contribution in [0, 0.1) is 0 Å². The van der Waals surface area contributed by atoms with Crippen LogP contribution in [-0.4, -0.2) is 52.0 Å². The van der Waals surface area contributed by atoms with Gasteiger partial charge in [0.25, 0.3) is 5.79 Å². The summed E-state index contributed by atoms with van der Waals surface area (Å²) in [4.78, 5) is 10.3. The highest BCUT2D eigenvalue weighted by Gasteiger charge is 2.38. The van der Waals surface area contributed by atoms with E-state index in [4.69, 9.17) is 20.4 Å². The molecule has 0 spiro atoms. The molecule has 0 rings (SSSR count). The minimum Gasteiger partial charge on any atom is -0.477 e. The summed E-state index contributed by atoms with van der Waals surface area (Å²) in [7, 11) is 0.998. The third-order valence-corrected chi connectivity index (χ3v) is 1.39. The predicted molar refractivity (Wildman–Crippen MR) is 37.3 cm³/mol. The maximum atomic E-state index is 10.3. The Labute approximate surface area is 69.0 Å². The van der Waals surface area contributed by atoms with Gasteiger partial charge in [0.2, 0.25) is 0 Å². The van der Waals surface area contributed by atoms with Crippen molar-refractivity contribution in [2.45, 2.75) is 18.3 Å². The number of rotatable bonds is 5. The van der Waals surface area contributed by atoms with Crippen LogP contribution in [0.2, 0.25) is 0 Å². The quantitative estimate of drug-likeness (QED) is 0.370. The predicted octanol–water partition coefficient (Wildman–Crippen LogP) is -1.85. The second kappa shape index (κ2) is 4.36. The molecule has 0 aromatic carbocycles. The number of ether oxygens (including phenoxy) is 1. The fraction of sp³-hybridized carbons (Fsp3) is 0.833. The van der Waals surface area contributed by atoms with Crippen LogP contribution in [0.4, 0.5) is 0 Å². The van der Waals surface area contributed by atoms with E-state index in [1.165, 1.54) is 0 Å². The monoisotopic (exact) mass is 180 g/mol. The van der Waals surface area contributed by atoms with Crippen molar-refractivity contribution >= 4 is 5.97 Å². The molecule has 72 valence electrons. The van der Waals surface area contributed by atoms with Crippen molar-refractivity contribution in [1.29, 1.82) is 0 Å². The summed E-state index contributed by atoms with van der Waals surface area (Å²) in [5.74, 6) is -4.03. The van der Waals surface area contributed by atoms with Crippen LogP contribution < -0.4 is 0 Å². The molecule has 0 aliphatic carbocycles. The van der Waals surface area contributed by atoms with Crippen LogP contribution >= 0.6 is 0 Å². The molecular formula is C6H12O6. The lowest BCUT2D eigenvalue weighted by Gasteiger charge is -2.22. The summed E-state index contributed by atoms with van der Waals surface area (Å²) >= 11 is 0. The van der Waals surface area contributed by atoms with Crippen molar-refractivity contribution in [3.8, 4) is 0 Å². The number of aliphatic hydroxyl groups excluding tert-OH is 2. The summed E-state index contributed by atoms with van der Waals surface area (Å²) in [6, 6.07) is 0. The maximum absolute atomic E-state index is 10.3. The van der Waals surface area contributed by atoms with E-state index in [0.29, 0.717) is 0 Å². The molecule has 6 heteroatoms. The van der Waals surface area contributed by atoms with Gasteiger partial charge in [0, 0.05) is 13.5 Å². The first-order chi connectivity index (χ1) is 5.46. The minimum atomic E-state index is -2.43. The summed E-state index contributed by atoms with van der Waals surface area (Å²) in [6.07, 6.45) is -1.89. The van der Waals surface area contributed by atoms with Crippen LogP contribution in [0.5, 0.6) is 0 Å². The van der Waals surface area contributed by atoms with Gasteiger partial charge < -0.3 is 25.2 Å². The Kier molecular flexibility index (Phi) is 4.11. The Hall–Kier alpha value is -0.690. The normalized spacial score (nSPS) is 18.3. The number of hydrogen-bond acceptors (Lipinski definition) is 5. The average Bonchev–Trinajstić information content (AvgIpc) is 2.03. The first-order valence-electron chi connectivity index (χ1n) is 3.26. The lowest BCUT2D eigenvalue weighted by molar-refractivity contribution is -0.224. The fourth-order valence-electron chi connectivity index (χ4n) is 0.642. The van der Waals surface area contributed by atoms with Crippen LogP contribution in [0.1, 0.15) is 6.42 Å². The highest BCUT2D eigenvalue weighted by atomic mass is 16.6. The summed E-state index contributed by atoms with van der Waals surface area (Å²) in [5.41, 5.74) is 0. The highest BCUT2D eigenvalue weighted by Crippen LogP contribution is 2.13. The Balaban J connectivity index is 4.23. The summed E-state index contributed by atoms with van der Waals surface area (Å²) in [6.45, 7) is -0.626. The van der Waals surface area contributed by atoms with E-state index in [1.54, 1.807) is 0 Å². The van der Waals surface area contributed by atoms with E-state index in [1.807, 2.05) is 0 Å². The van der Waals surface area contributed by atoms with Crippen LogP contribution in [0.25, 0.3) is 0 Å². The van der Waals surface area contributed by atoms with E-state index >= 15 is 0 Å². The van der Waals surface area contributed by atoms with E-state index in [-0.39, 0.29) is 0 Å². The number of aliphatic hydroxyl groups is 3. The molecule has 0 saturated heterocycles. The summed E-state index contributed by atoms with van der Waals surface area (Å²) < 4.78 is 4.26. The largest absolute Gasteiger partial charge is 0.477 e. The van der Waals surface area contributed by atoms with Crippen molar-refractivity contribution in [3.63, 3.8) is 0 Å². The van der Waals surface area contributed by atoms with Crippen molar-refractivity contribution in [2.24, 2.45) is 0 Å². The molecule has 0 unspecified atom stereocenters. The molecule has 2 atom stereocenters. The highest BCUT2D eigenvalue weighted by molar-refractivity contribution is 5.75. The van der Waals surface area contributed by atoms with Gasteiger partial charge in [-0.1, -0.05) is 0 Å². The molecule has 12 heavy (non-hydrogen) atoms. The molecule has 0 radical (unpaired) electrons. The first-order valence-corrected chi connectivity index (χ1v) is 3.26. The van der Waals surface area contributed by atoms with Gasteiger partial charge in [-0.05, 0) is 0 Å². The molecule has 0 amide bonds. The Morgan fingerprint density at radius 3 is 2.42 bits per heavy atom. The third kappa shape index (κ3) is 2.74. The molecule has 0 aliphatic rings. The summed E-state index contributed by atoms with van der Waals surface area (Å²) in [5, 5.41) is 34.7. The topological polar surface area (TPSA) is 107 Å². The molecule has 0 aromatic rings. The van der Waals surface area contributed by atoms with E-state index < -0.39 is 30.9 Å². The molecule has 0 aliphatic heterocycles. The van der Waals surface area contributed by atoms with Gasteiger partial charge in [-0.2, -0.15) is 0 Å². The standard InChI is InChI=1S/C6H12O6/c1-12-6(11,5(9)10)2-4(8)3-7/h4,7-8,11H,2-3H2,1H3,(H,9,10)/t4-,6-/m0/s1. The van der Waals surface area contributed by atoms with Gasteiger partial charge >= 0.3 is 5.97 Å². The number of carboxylic acid groups (broad SMARTS) is 1. The van der Waals surface area contributed by atoms with Gasteiger partial charge in [-0.3, -0.25) is 0 Å². The zero-order chi connectivity index (χ0) is 9.78. The number of carbonyl (C=O) groups is 1. The van der Waals surface area contributed by atoms with Gasteiger partial charge in [-0.15, -0.1) is 0 Å². The second-order valence-corrected chi connectivity index (χ2v) is 2.33. The molecule has 4 N–H and O–H groups in total. The van der Waals surface area contributed by atoms with Gasteiger partial charge in [0.1, 0.15) is 0 Å². The van der Waals surface area contributed by atoms with Crippen LogP contribution in [0.15, 0.2) is 0 Å². The smallest absolute Gasteiger partial charge is 0.364 e. The average molecular weight is 180 g/mol. The lowest BCUT2D eigenvalue weighted by atomic mass is 10.1. The lowest BCUT2D eigenvalue weighted by Crippen LogP contribution is -2.44. The zero-order valence-electron chi connectivity index (χ0n) is 6.60. The Bertz CT molecular complexity index is 158. The van der Waals surface area contributed by atoms with Crippen molar-refractivity contribution in [1.82, 2.24) is 0 Å². The van der Waals surface area contributed by atoms with Crippen LogP contribution in [-0.2, 0) is 9.53 Å². The molecule has 0 saturated carbocycles. The second-order valence-electron chi connectivity index (χ2n) is 2.33. The van der Waals surface area contributed by atoms with E-state index in [2.05, 4.69) is 4.74 Å². The Morgan fingerprint density at radius 1 is 1.67 bits per heavy atom. The molecule has 6 nitrogen and oxygen atoms in total. The van der Waals surface area contributed by atoms with Crippen molar-refractivity contribution < 1.29 is 30.0 Å². The number of carboxylic acids is 1. The van der Waals surface area contributed by atoms with Crippen molar-refractivity contribution in [3.05, 3.63) is 0 Å².